The number of benzene rings is 1. The maximum Gasteiger partial charge on any atom is 2.00 e. The summed E-state index contributed by atoms with van der Waals surface area (Å²) < 4.78 is 19.8. The van der Waals surface area contributed by atoms with Gasteiger partial charge in [0.25, 0.3) is 0 Å². The summed E-state index contributed by atoms with van der Waals surface area (Å²) in [6.07, 6.45) is 10.2. The van der Waals surface area contributed by atoms with E-state index in [1.807, 2.05) is 0 Å². The van der Waals surface area contributed by atoms with Crippen molar-refractivity contribution in [3.63, 3.8) is 0 Å². The second-order valence-electron chi connectivity index (χ2n) is 22.7. The van der Waals surface area contributed by atoms with E-state index in [4.69, 9.17) is 18.9 Å². The topological polar surface area (TPSA) is 358 Å². The Balaban J connectivity index is -0.0000000818. The van der Waals surface area contributed by atoms with Gasteiger partial charge >= 0.3 is 77.9 Å². The number of carbonyl (C=O) groups excluding carboxylic acids is 8. The second kappa shape index (κ2) is 52.4. The number of aromatic carboxylic acids is 2. The molecule has 4 fully saturated rings. The molecule has 0 amide bonds. The van der Waals surface area contributed by atoms with Crippen molar-refractivity contribution in [2.75, 3.05) is 52.9 Å². The van der Waals surface area contributed by atoms with Crippen molar-refractivity contribution in [2.24, 2.45) is 32.5 Å². The first-order valence-corrected chi connectivity index (χ1v) is 24.4. The van der Waals surface area contributed by atoms with Crippen molar-refractivity contribution in [1.82, 2.24) is 0 Å². The first-order chi connectivity index (χ1) is 33.3. The molecule has 4 saturated heterocycles. The molecule has 0 bridgehead atoms. The van der Waals surface area contributed by atoms with E-state index >= 15 is 0 Å². The molecule has 1 aromatic rings. The molecule has 4 radical (unpaired) electrons. The van der Waals surface area contributed by atoms with Gasteiger partial charge in [0.05, 0.1) is 11.9 Å². The molecule has 4 heterocycles. The van der Waals surface area contributed by atoms with E-state index < -0.39 is 80.2 Å². The Labute approximate surface area is 517 Å². The molecule has 462 valence electrons. The van der Waals surface area contributed by atoms with Crippen LogP contribution in [0.2, 0.25) is 0 Å². The zero-order valence-corrected chi connectivity index (χ0v) is 55.7. The van der Waals surface area contributed by atoms with Crippen molar-refractivity contribution >= 4 is 47.8 Å². The molecule has 0 aliphatic carbocycles. The van der Waals surface area contributed by atoms with Gasteiger partial charge in [-0.25, -0.2) is 0 Å². The average Bonchev–Trinajstić information content (AvgIpc) is 4.11. The van der Waals surface area contributed by atoms with Gasteiger partial charge in [0.2, 0.25) is 0 Å². The largest absolute Gasteiger partial charge is 2.00 e. The first-order valence-electron chi connectivity index (χ1n) is 24.4. The van der Waals surface area contributed by atoms with Gasteiger partial charge in [-0.05, 0) is 62.5 Å². The van der Waals surface area contributed by atoms with E-state index in [9.17, 15) is 79.2 Å². The third-order valence-electron chi connectivity index (χ3n) is 8.34. The number of ether oxygens (including phenoxy) is 4. The van der Waals surface area contributed by atoms with Crippen molar-refractivity contribution < 1.29 is 176 Å². The van der Waals surface area contributed by atoms with Crippen LogP contribution in [0.1, 0.15) is 197 Å². The van der Waals surface area contributed by atoms with Crippen molar-refractivity contribution in [1.29, 1.82) is 0 Å². The van der Waals surface area contributed by atoms with E-state index in [0.29, 0.717) is 0 Å². The number of hydrogen-bond donors (Lipinski definition) is 0. The number of carboxylic acids is 8. The van der Waals surface area contributed by atoms with Gasteiger partial charge in [-0.1, -0.05) is 149 Å². The van der Waals surface area contributed by atoms with Crippen LogP contribution in [0.3, 0.4) is 0 Å². The minimum absolute atomic E-state index is 0. The standard InChI is InChI=1S/C8H6O4.6C5H10O2.4C4H8O.4Rh/c9-7(10)5-1-2-6(4-3-5)8(11)12;6*1-5(2,3)4(6)7;4*1-2-4-5-3-1;;;;/h1-4H,(H,9,10)(H,11,12);6*1-3H3,(H,6,7);4*1-4H2;;;;/q;;;;;;;;;;;4*+2/p-8. The van der Waals surface area contributed by atoms with E-state index in [-0.39, 0.29) is 89.0 Å². The molecule has 0 aromatic heterocycles. The summed E-state index contributed by atoms with van der Waals surface area (Å²) in [6.45, 7) is 36.8. The Kier molecular flexibility index (Phi) is 65.5. The third-order valence-corrected chi connectivity index (χ3v) is 8.34. The van der Waals surface area contributed by atoms with Crippen LogP contribution in [-0.4, -0.2) is 101 Å². The molecular weight excluding hydrogens is 1380 g/mol. The molecular formula is C54H90O20Rh4. The molecule has 0 unspecified atom stereocenters. The number of carboxylic acid groups (broad SMARTS) is 8. The SMILES string of the molecule is C1CCOC1.C1CCOC1.C1CCOC1.C1CCOC1.CC(C)(C)C(=O)[O-].CC(C)(C)C(=O)[O-].CC(C)(C)C(=O)[O-].CC(C)(C)C(=O)[O-].CC(C)(C)C(=O)[O-].CC(C)(C)C(=O)[O-].O=C([O-])c1ccc(C(=O)[O-])cc1.[Rh+2].[Rh+2].[Rh+2].[Rh+2]. The quantitative estimate of drug-likeness (QED) is 0.359. The molecule has 0 saturated carbocycles. The minimum atomic E-state index is -1.33. The van der Waals surface area contributed by atoms with Crippen molar-refractivity contribution in [3.05, 3.63) is 35.4 Å². The summed E-state index contributed by atoms with van der Waals surface area (Å²) in [6, 6.07) is 4.61. The van der Waals surface area contributed by atoms with Crippen LogP contribution in [0.5, 0.6) is 0 Å². The van der Waals surface area contributed by atoms with Crippen molar-refractivity contribution in [3.8, 4) is 0 Å². The number of carbonyl (C=O) groups is 8. The molecule has 0 atom stereocenters. The monoisotopic (exact) mass is 1470 g/mol. The maximum absolute atomic E-state index is 10.2. The van der Waals surface area contributed by atoms with Gasteiger partial charge in [-0.15, -0.1) is 0 Å². The van der Waals surface area contributed by atoms with E-state index in [0.717, 1.165) is 77.1 Å². The van der Waals surface area contributed by atoms with Crippen molar-refractivity contribution in [2.45, 2.75) is 176 Å². The molecule has 4 aliphatic rings. The molecule has 1 aromatic carbocycles. The Morgan fingerprint density at radius 2 is 0.359 bits per heavy atom. The van der Waals surface area contributed by atoms with Crippen LogP contribution in [0, 0.1) is 32.5 Å². The summed E-state index contributed by atoms with van der Waals surface area (Å²) in [5.74, 6) is -8.71. The molecule has 20 nitrogen and oxygen atoms in total. The van der Waals surface area contributed by atoms with Crippen LogP contribution in [-0.2, 0) is 126 Å². The average molecular weight is 1470 g/mol. The Hall–Kier alpha value is -2.69. The van der Waals surface area contributed by atoms with E-state index in [2.05, 4.69) is 0 Å². The fourth-order valence-corrected chi connectivity index (χ4v) is 2.78. The number of aliphatic carboxylic acids is 6. The number of hydrogen-bond acceptors (Lipinski definition) is 20. The molecule has 78 heavy (non-hydrogen) atoms. The van der Waals surface area contributed by atoms with Crippen LogP contribution in [0.25, 0.3) is 0 Å². The predicted octanol–water partition coefficient (Wildman–Crippen LogP) is 0.285. The normalized spacial score (nSPS) is 13.7. The zero-order chi connectivity index (χ0) is 59.7. The Morgan fingerprint density at radius 3 is 0.397 bits per heavy atom. The molecule has 5 rings (SSSR count). The smallest absolute Gasteiger partial charge is 0.550 e. The van der Waals surface area contributed by atoms with Gasteiger partial charge in [0.1, 0.15) is 0 Å². The minimum Gasteiger partial charge on any atom is -0.550 e. The van der Waals surface area contributed by atoms with Gasteiger partial charge < -0.3 is 98.2 Å². The Bertz CT molecular complexity index is 1410. The fraction of sp³-hybridized carbons (Fsp3) is 0.741. The molecule has 24 heteroatoms. The summed E-state index contributed by atoms with van der Waals surface area (Å²) in [4.78, 5) is 79.9. The second-order valence-corrected chi connectivity index (χ2v) is 22.7. The van der Waals surface area contributed by atoms with Crippen LogP contribution in [0.4, 0.5) is 0 Å². The van der Waals surface area contributed by atoms with Gasteiger partial charge in [0, 0.05) is 121 Å². The molecule has 4 aliphatic heterocycles. The fourth-order valence-electron chi connectivity index (χ4n) is 2.78. The van der Waals surface area contributed by atoms with Gasteiger partial charge in [0.15, 0.2) is 0 Å². The molecule has 0 N–H and O–H groups in total. The van der Waals surface area contributed by atoms with E-state index in [1.165, 1.54) is 51.4 Å². The molecule has 0 spiro atoms. The summed E-state index contributed by atoms with van der Waals surface area (Å²) in [5, 5.41) is 79.9. The first kappa shape index (κ1) is 97.5. The maximum atomic E-state index is 10.2. The summed E-state index contributed by atoms with van der Waals surface area (Å²) in [5.41, 5.74) is -4.28. The third kappa shape index (κ3) is 75.4. The Morgan fingerprint density at radius 1 is 0.269 bits per heavy atom. The predicted molar refractivity (Wildman–Crippen MR) is 262 cm³/mol. The van der Waals surface area contributed by atoms with Crippen LogP contribution in [0.15, 0.2) is 24.3 Å². The van der Waals surface area contributed by atoms with Crippen LogP contribution < -0.4 is 40.9 Å². The number of rotatable bonds is 2. The summed E-state index contributed by atoms with van der Waals surface area (Å²) in [7, 11) is 0. The van der Waals surface area contributed by atoms with E-state index in [1.54, 1.807) is 125 Å². The van der Waals surface area contributed by atoms with Gasteiger partial charge in [-0.2, -0.15) is 0 Å². The zero-order valence-electron chi connectivity index (χ0n) is 49.1. The van der Waals surface area contributed by atoms with Gasteiger partial charge in [-0.3, -0.25) is 0 Å². The summed E-state index contributed by atoms with van der Waals surface area (Å²) >= 11 is 0. The van der Waals surface area contributed by atoms with Crippen LogP contribution >= 0.6 is 0 Å².